The number of H-pyrrole nitrogens is 1. The summed E-state index contributed by atoms with van der Waals surface area (Å²) in [6.45, 7) is 18.6. The monoisotopic (exact) mass is 782 g/mol. The van der Waals surface area contributed by atoms with Crippen LogP contribution in [-0.2, 0) is 35.2 Å². The topological polar surface area (TPSA) is 202 Å². The highest BCUT2D eigenvalue weighted by Gasteiger charge is 2.41. The van der Waals surface area contributed by atoms with Crippen LogP contribution in [0, 0.1) is 29.6 Å². The number of fused-ring (bicyclic) bond motifs is 3. The van der Waals surface area contributed by atoms with Crippen LogP contribution in [0.4, 0.5) is 0 Å². The summed E-state index contributed by atoms with van der Waals surface area (Å²) in [7, 11) is 0. The maximum atomic E-state index is 14.3. The molecule has 2 saturated heterocycles. The van der Waals surface area contributed by atoms with E-state index in [-0.39, 0.29) is 53.2 Å². The third-order valence-corrected chi connectivity index (χ3v) is 12.1. The molecule has 6 amide bonds. The van der Waals surface area contributed by atoms with Gasteiger partial charge in [0.15, 0.2) is 0 Å². The number of aromatic amines is 1. The Bertz CT molecular complexity index is 1690. The molecule has 1 unspecified atom stereocenters. The summed E-state index contributed by atoms with van der Waals surface area (Å²) in [6, 6.07) is 1.50. The quantitative estimate of drug-likeness (QED) is 0.199. The summed E-state index contributed by atoms with van der Waals surface area (Å²) in [5.74, 6) is -3.91. The fourth-order valence-electron chi connectivity index (χ4n) is 6.99. The number of carbonyl (C=O) groups excluding carboxylic acids is 6. The van der Waals surface area contributed by atoms with Crippen LogP contribution in [0.5, 0.6) is 0 Å². The summed E-state index contributed by atoms with van der Waals surface area (Å²) in [4.78, 5) is 87.3. The molecule has 15 heteroatoms. The van der Waals surface area contributed by atoms with Crippen LogP contribution in [0.15, 0.2) is 30.5 Å². The summed E-state index contributed by atoms with van der Waals surface area (Å²) in [5.41, 5.74) is 1.65. The number of nitrogens with one attached hydrogen (secondary N) is 8. The van der Waals surface area contributed by atoms with Crippen LogP contribution < -0.4 is 37.2 Å². The fraction of sp³-hybridized carbons (Fsp3) is 0.650. The van der Waals surface area contributed by atoms with Gasteiger partial charge in [-0.1, -0.05) is 93.9 Å². The number of thioether (sulfide) groups is 1. The van der Waals surface area contributed by atoms with E-state index in [1.54, 1.807) is 20.0 Å². The molecule has 4 rings (SSSR count). The number of rotatable bonds is 8. The molecule has 9 atom stereocenters. The Morgan fingerprint density at radius 2 is 1.13 bits per heavy atom. The van der Waals surface area contributed by atoms with E-state index in [1.807, 2.05) is 79.7 Å². The largest absolute Gasteiger partial charge is 0.361 e. The first-order valence-corrected chi connectivity index (χ1v) is 20.7. The molecular formula is C40H62N8O6S. The average molecular weight is 783 g/mol. The zero-order valence-corrected chi connectivity index (χ0v) is 34.7. The minimum atomic E-state index is -1.12. The Labute approximate surface area is 329 Å². The second-order valence-corrected chi connectivity index (χ2v) is 17.6. The number of carbonyl (C=O) groups is 6. The minimum absolute atomic E-state index is 0.0330. The lowest BCUT2D eigenvalue weighted by Gasteiger charge is -2.33. The number of aromatic nitrogens is 1. The normalized spacial score (nSPS) is 28.7. The third kappa shape index (κ3) is 10.8. The molecule has 0 radical (unpaired) electrons. The van der Waals surface area contributed by atoms with E-state index in [0.29, 0.717) is 12.2 Å². The van der Waals surface area contributed by atoms with Crippen LogP contribution in [-0.4, -0.2) is 93.8 Å². The molecule has 55 heavy (non-hydrogen) atoms. The second kappa shape index (κ2) is 19.2. The lowest BCUT2D eigenvalue weighted by atomic mass is 9.95. The van der Waals surface area contributed by atoms with Crippen LogP contribution in [0.3, 0.4) is 0 Å². The summed E-state index contributed by atoms with van der Waals surface area (Å²) in [6.07, 6.45) is 2.42. The molecule has 2 aliphatic rings. The molecule has 14 nitrogen and oxygen atoms in total. The molecule has 2 aliphatic heterocycles. The van der Waals surface area contributed by atoms with Gasteiger partial charge in [-0.3, -0.25) is 34.1 Å². The smallest absolute Gasteiger partial charge is 0.243 e. The first-order chi connectivity index (χ1) is 25.9. The van der Waals surface area contributed by atoms with Crippen molar-refractivity contribution in [1.82, 2.24) is 42.2 Å². The van der Waals surface area contributed by atoms with Crippen molar-refractivity contribution in [1.29, 1.82) is 0 Å². The minimum Gasteiger partial charge on any atom is -0.361 e. The predicted octanol–water partition coefficient (Wildman–Crippen LogP) is 2.33. The molecule has 0 spiro atoms. The molecule has 3 heterocycles. The number of amides is 6. The van der Waals surface area contributed by atoms with E-state index >= 15 is 0 Å². The average Bonchev–Trinajstić information content (AvgIpc) is 3.79. The van der Waals surface area contributed by atoms with Gasteiger partial charge in [-0.05, 0) is 41.2 Å². The van der Waals surface area contributed by atoms with Crippen LogP contribution in [0.25, 0.3) is 10.9 Å². The van der Waals surface area contributed by atoms with Crippen molar-refractivity contribution in [3.8, 4) is 0 Å². The van der Waals surface area contributed by atoms with Crippen LogP contribution in [0.2, 0.25) is 0 Å². The first kappa shape index (κ1) is 43.6. The van der Waals surface area contributed by atoms with E-state index in [4.69, 9.17) is 0 Å². The summed E-state index contributed by atoms with van der Waals surface area (Å²) < 4.78 is 0. The highest BCUT2D eigenvalue weighted by Crippen LogP contribution is 2.26. The van der Waals surface area contributed by atoms with E-state index in [2.05, 4.69) is 42.2 Å². The predicted molar refractivity (Wildman–Crippen MR) is 216 cm³/mol. The molecule has 1 aromatic carbocycles. The van der Waals surface area contributed by atoms with E-state index in [0.717, 1.165) is 16.5 Å². The fourth-order valence-corrected chi connectivity index (χ4v) is 8.49. The molecule has 0 aliphatic carbocycles. The van der Waals surface area contributed by atoms with Crippen molar-refractivity contribution in [2.75, 3.05) is 5.75 Å². The Hall–Kier alpha value is -4.11. The summed E-state index contributed by atoms with van der Waals surface area (Å²) in [5, 5.41) is 21.6. The van der Waals surface area contributed by atoms with Gasteiger partial charge in [0, 0.05) is 29.3 Å². The van der Waals surface area contributed by atoms with E-state index < -0.39 is 65.9 Å². The summed E-state index contributed by atoms with van der Waals surface area (Å²) >= 11 is 1.50. The number of para-hydroxylation sites is 1. The Balaban J connectivity index is 1.77. The van der Waals surface area contributed by atoms with Gasteiger partial charge in [0.05, 0.1) is 17.5 Å². The molecule has 304 valence electrons. The van der Waals surface area contributed by atoms with Gasteiger partial charge in [-0.2, -0.15) is 0 Å². The van der Waals surface area contributed by atoms with Gasteiger partial charge < -0.3 is 36.9 Å². The van der Waals surface area contributed by atoms with Crippen molar-refractivity contribution in [3.63, 3.8) is 0 Å². The standard InChI is InChI=1S/C40H62N8O6S/c1-11-23(10)33-39(54)46-30(20(4)5)37(52)45-31(21(6)7)38(53)47-32(22(8)9)40-43-28(18-55-40)35(50)44-29(19(2)3)36(51)42-27(34(49)48-33)16-24-17-41-26-15-13-12-14-25(24)26/h12-15,17,19-23,27-33,40-41,43H,11,16,18H2,1-10H3,(H,42,51)(H,44,50)(H,45,52)(H,46,54)(H,47,53)(H,48,49)/t23-,27-,28-,29+,30-,31+,32-,33+,40?/m0/s1. The van der Waals surface area contributed by atoms with Gasteiger partial charge in [-0.25, -0.2) is 0 Å². The number of benzene rings is 1. The van der Waals surface area contributed by atoms with Crippen molar-refractivity contribution in [2.24, 2.45) is 29.6 Å². The van der Waals surface area contributed by atoms with Gasteiger partial charge in [0.1, 0.15) is 30.2 Å². The van der Waals surface area contributed by atoms with Crippen molar-refractivity contribution in [3.05, 3.63) is 36.0 Å². The van der Waals surface area contributed by atoms with Gasteiger partial charge in [0.2, 0.25) is 35.4 Å². The van der Waals surface area contributed by atoms with Crippen molar-refractivity contribution in [2.45, 2.75) is 130 Å². The SMILES string of the molecule is CC[C@H](C)[C@H]1NC(=O)[C@H](Cc2c[nH]c3ccccc23)NC(=O)[C@@H](C(C)C)NC(=O)[C@@H]2CSC(N2)[C@H](C(C)C)NC(=O)[C@@H](C(C)C)NC(=O)[C@H](C(C)C)NC1=O. The maximum absolute atomic E-state index is 14.3. The molecular weight excluding hydrogens is 721 g/mol. The third-order valence-electron chi connectivity index (χ3n) is 10.7. The Morgan fingerprint density at radius 3 is 1.69 bits per heavy atom. The molecule has 8 N–H and O–H groups in total. The Kier molecular flexibility index (Phi) is 15.2. The first-order valence-electron chi connectivity index (χ1n) is 19.7. The number of hydrogen-bond acceptors (Lipinski definition) is 8. The van der Waals surface area contributed by atoms with Gasteiger partial charge in [0.25, 0.3) is 0 Å². The molecule has 2 aromatic rings. The molecule has 2 bridgehead atoms. The molecule has 2 fully saturated rings. The highest BCUT2D eigenvalue weighted by atomic mass is 32.2. The molecule has 1 aromatic heterocycles. The molecule has 0 saturated carbocycles. The van der Waals surface area contributed by atoms with Gasteiger partial charge >= 0.3 is 0 Å². The van der Waals surface area contributed by atoms with E-state index in [9.17, 15) is 28.8 Å². The maximum Gasteiger partial charge on any atom is 0.243 e. The number of hydrogen-bond donors (Lipinski definition) is 8. The van der Waals surface area contributed by atoms with Crippen molar-refractivity contribution < 1.29 is 28.8 Å². The zero-order chi connectivity index (χ0) is 40.7. The second-order valence-electron chi connectivity index (χ2n) is 16.4. The zero-order valence-electron chi connectivity index (χ0n) is 33.9. The lowest BCUT2D eigenvalue weighted by molar-refractivity contribution is -0.136. The Morgan fingerprint density at radius 1 is 0.618 bits per heavy atom. The van der Waals surface area contributed by atoms with Crippen LogP contribution >= 0.6 is 11.8 Å². The van der Waals surface area contributed by atoms with E-state index in [1.165, 1.54) is 11.8 Å². The van der Waals surface area contributed by atoms with Crippen LogP contribution in [0.1, 0.15) is 81.2 Å². The lowest BCUT2D eigenvalue weighted by Crippen LogP contribution is -2.62. The van der Waals surface area contributed by atoms with Gasteiger partial charge in [-0.15, -0.1) is 11.8 Å². The highest BCUT2D eigenvalue weighted by molar-refractivity contribution is 8.00. The van der Waals surface area contributed by atoms with Crippen molar-refractivity contribution >= 4 is 58.1 Å².